The van der Waals surface area contributed by atoms with Gasteiger partial charge in [-0.1, -0.05) is 12.1 Å². The first-order chi connectivity index (χ1) is 12.6. The number of carbonyl (C=O) groups excluding carboxylic acids is 1. The molecule has 0 atom stereocenters. The van der Waals surface area contributed by atoms with Crippen LogP contribution in [0.25, 0.3) is 0 Å². The summed E-state index contributed by atoms with van der Waals surface area (Å²) in [5.74, 6) is 3.73. The molecule has 4 saturated carbocycles. The summed E-state index contributed by atoms with van der Waals surface area (Å²) < 4.78 is 11.2. The first-order valence-electron chi connectivity index (χ1n) is 10.5. The van der Waals surface area contributed by atoms with E-state index in [1.807, 2.05) is 6.92 Å². The molecular weight excluding hydrogens is 324 g/mol. The van der Waals surface area contributed by atoms with E-state index in [0.717, 1.165) is 23.5 Å². The molecule has 5 rings (SSSR count). The van der Waals surface area contributed by atoms with Gasteiger partial charge in [-0.2, -0.15) is 0 Å². The summed E-state index contributed by atoms with van der Waals surface area (Å²) in [5, 5.41) is 0. The molecular formula is C23H32O3. The van der Waals surface area contributed by atoms with Crippen molar-refractivity contribution in [2.45, 2.75) is 70.6 Å². The third-order valence-corrected chi connectivity index (χ3v) is 6.83. The monoisotopic (exact) mass is 356 g/mol. The van der Waals surface area contributed by atoms with Gasteiger partial charge in [-0.15, -0.1) is 0 Å². The van der Waals surface area contributed by atoms with Crippen molar-refractivity contribution in [3.63, 3.8) is 0 Å². The number of ether oxygens (including phenoxy) is 2. The molecule has 4 aliphatic carbocycles. The molecule has 1 aromatic rings. The van der Waals surface area contributed by atoms with Gasteiger partial charge in [0.05, 0.1) is 13.2 Å². The molecule has 1 aromatic carbocycles. The van der Waals surface area contributed by atoms with E-state index in [4.69, 9.17) is 9.47 Å². The fourth-order valence-electron chi connectivity index (χ4n) is 6.26. The highest BCUT2D eigenvalue weighted by Gasteiger charge is 2.52. The summed E-state index contributed by atoms with van der Waals surface area (Å²) in [6, 6.07) is 6.79. The third-order valence-electron chi connectivity index (χ3n) is 6.83. The number of esters is 1. The second-order valence-electron chi connectivity index (χ2n) is 8.95. The molecule has 4 bridgehead atoms. The zero-order valence-electron chi connectivity index (χ0n) is 16.3. The molecule has 4 fully saturated rings. The first kappa shape index (κ1) is 17.9. The molecule has 0 amide bonds. The van der Waals surface area contributed by atoms with Gasteiger partial charge in [-0.25, -0.2) is 0 Å². The minimum absolute atomic E-state index is 0.123. The van der Waals surface area contributed by atoms with Gasteiger partial charge in [0, 0.05) is 12.0 Å². The van der Waals surface area contributed by atoms with Crippen molar-refractivity contribution in [1.29, 1.82) is 0 Å². The number of benzene rings is 1. The SMILES string of the molecule is CCOC(=O)CCCOc1cc(C)ccc1C12CC3CC(CC(C3)C1)C2. The van der Waals surface area contributed by atoms with Crippen molar-refractivity contribution in [1.82, 2.24) is 0 Å². The highest BCUT2D eigenvalue weighted by Crippen LogP contribution is 2.61. The van der Waals surface area contributed by atoms with E-state index in [2.05, 4.69) is 25.1 Å². The summed E-state index contributed by atoms with van der Waals surface area (Å²) in [6.07, 6.45) is 9.58. The largest absolute Gasteiger partial charge is 0.493 e. The Balaban J connectivity index is 1.48. The Hall–Kier alpha value is -1.51. The topological polar surface area (TPSA) is 35.5 Å². The molecule has 0 spiro atoms. The highest BCUT2D eigenvalue weighted by atomic mass is 16.5. The molecule has 0 unspecified atom stereocenters. The van der Waals surface area contributed by atoms with Crippen molar-refractivity contribution in [2.24, 2.45) is 17.8 Å². The lowest BCUT2D eigenvalue weighted by Crippen LogP contribution is -2.48. The maximum absolute atomic E-state index is 11.5. The van der Waals surface area contributed by atoms with Crippen LogP contribution in [0.2, 0.25) is 0 Å². The van der Waals surface area contributed by atoms with Crippen LogP contribution in [0.4, 0.5) is 0 Å². The van der Waals surface area contributed by atoms with Crippen LogP contribution in [0.3, 0.4) is 0 Å². The molecule has 0 aliphatic heterocycles. The van der Waals surface area contributed by atoms with Gasteiger partial charge in [0.15, 0.2) is 0 Å². The zero-order chi connectivity index (χ0) is 18.1. The van der Waals surface area contributed by atoms with Crippen molar-refractivity contribution in [3.8, 4) is 5.75 Å². The molecule has 3 nitrogen and oxygen atoms in total. The summed E-state index contributed by atoms with van der Waals surface area (Å²) in [5.41, 5.74) is 3.04. The molecule has 0 N–H and O–H groups in total. The van der Waals surface area contributed by atoms with E-state index in [9.17, 15) is 4.79 Å². The Morgan fingerprint density at radius 2 is 1.77 bits per heavy atom. The summed E-state index contributed by atoms with van der Waals surface area (Å²) in [7, 11) is 0. The van der Waals surface area contributed by atoms with Crippen LogP contribution in [0, 0.1) is 24.7 Å². The van der Waals surface area contributed by atoms with Gasteiger partial charge in [0.1, 0.15) is 5.75 Å². The number of hydrogen-bond donors (Lipinski definition) is 0. The Bertz CT molecular complexity index is 628. The van der Waals surface area contributed by atoms with E-state index in [0.29, 0.717) is 31.5 Å². The van der Waals surface area contributed by atoms with Gasteiger partial charge in [-0.3, -0.25) is 4.79 Å². The summed E-state index contributed by atoms with van der Waals surface area (Å²) >= 11 is 0. The van der Waals surface area contributed by atoms with E-state index >= 15 is 0 Å². The van der Waals surface area contributed by atoms with Crippen molar-refractivity contribution >= 4 is 5.97 Å². The molecule has 0 saturated heterocycles. The minimum atomic E-state index is -0.123. The first-order valence-corrected chi connectivity index (χ1v) is 10.5. The van der Waals surface area contributed by atoms with Crippen molar-refractivity contribution < 1.29 is 14.3 Å². The molecule has 0 radical (unpaired) electrons. The van der Waals surface area contributed by atoms with Gasteiger partial charge >= 0.3 is 5.97 Å². The number of rotatable bonds is 7. The van der Waals surface area contributed by atoms with E-state index in [1.54, 1.807) is 0 Å². The smallest absolute Gasteiger partial charge is 0.305 e. The van der Waals surface area contributed by atoms with Gasteiger partial charge < -0.3 is 9.47 Å². The zero-order valence-corrected chi connectivity index (χ0v) is 16.3. The van der Waals surface area contributed by atoms with Crippen LogP contribution in [-0.4, -0.2) is 19.2 Å². The second kappa shape index (κ2) is 7.25. The Kier molecular flexibility index (Phi) is 4.98. The standard InChI is InChI=1S/C23H32O3/c1-3-25-22(24)5-4-8-26-21-9-16(2)6-7-20(21)23-13-17-10-18(14-23)12-19(11-17)15-23/h6-7,9,17-19H,3-5,8,10-15H2,1-2H3. The summed E-state index contributed by atoms with van der Waals surface area (Å²) in [4.78, 5) is 11.5. The van der Waals surface area contributed by atoms with Crippen LogP contribution in [0.5, 0.6) is 5.75 Å². The number of carbonyl (C=O) groups is 1. The predicted molar refractivity (Wildman–Crippen MR) is 102 cm³/mol. The predicted octanol–water partition coefficient (Wildman–Crippen LogP) is 5.18. The summed E-state index contributed by atoms with van der Waals surface area (Å²) in [6.45, 7) is 5.02. The van der Waals surface area contributed by atoms with Crippen LogP contribution < -0.4 is 4.74 Å². The fraction of sp³-hybridized carbons (Fsp3) is 0.696. The molecule has 3 heteroatoms. The molecule has 142 valence electrons. The molecule has 26 heavy (non-hydrogen) atoms. The van der Waals surface area contributed by atoms with Crippen LogP contribution in [-0.2, 0) is 14.9 Å². The van der Waals surface area contributed by atoms with E-state index < -0.39 is 0 Å². The number of hydrogen-bond acceptors (Lipinski definition) is 3. The third kappa shape index (κ3) is 3.50. The molecule has 4 aliphatic rings. The normalized spacial score (nSPS) is 31.8. The maximum atomic E-state index is 11.5. The average molecular weight is 357 g/mol. The van der Waals surface area contributed by atoms with Gasteiger partial charge in [-0.05, 0) is 93.6 Å². The lowest BCUT2D eigenvalue weighted by molar-refractivity contribution is -0.143. The van der Waals surface area contributed by atoms with E-state index in [-0.39, 0.29) is 5.97 Å². The van der Waals surface area contributed by atoms with Crippen LogP contribution in [0.1, 0.15) is 69.4 Å². The van der Waals surface area contributed by atoms with Crippen LogP contribution >= 0.6 is 0 Å². The Morgan fingerprint density at radius 3 is 2.38 bits per heavy atom. The van der Waals surface area contributed by atoms with Crippen molar-refractivity contribution in [3.05, 3.63) is 29.3 Å². The molecule has 0 aromatic heterocycles. The maximum Gasteiger partial charge on any atom is 0.305 e. The Morgan fingerprint density at radius 1 is 1.12 bits per heavy atom. The van der Waals surface area contributed by atoms with Crippen molar-refractivity contribution in [2.75, 3.05) is 13.2 Å². The lowest BCUT2D eigenvalue weighted by Gasteiger charge is -2.57. The quantitative estimate of drug-likeness (QED) is 0.498. The van der Waals surface area contributed by atoms with Crippen LogP contribution in [0.15, 0.2) is 18.2 Å². The lowest BCUT2D eigenvalue weighted by atomic mass is 9.48. The minimum Gasteiger partial charge on any atom is -0.493 e. The Labute approximate surface area is 157 Å². The van der Waals surface area contributed by atoms with E-state index in [1.165, 1.54) is 49.7 Å². The molecule has 0 heterocycles. The van der Waals surface area contributed by atoms with Gasteiger partial charge in [0.2, 0.25) is 0 Å². The van der Waals surface area contributed by atoms with Gasteiger partial charge in [0.25, 0.3) is 0 Å². The average Bonchev–Trinajstić information content (AvgIpc) is 2.58. The fourth-order valence-corrected chi connectivity index (χ4v) is 6.26. The highest BCUT2D eigenvalue weighted by molar-refractivity contribution is 5.69. The number of aryl methyl sites for hydroxylation is 1. The second-order valence-corrected chi connectivity index (χ2v) is 8.95.